The molecular formula is C13H18Cl2N2O2. The van der Waals surface area contributed by atoms with Crippen molar-refractivity contribution in [1.82, 2.24) is 0 Å². The van der Waals surface area contributed by atoms with Gasteiger partial charge >= 0.3 is 0 Å². The van der Waals surface area contributed by atoms with Gasteiger partial charge in [0.25, 0.3) is 0 Å². The Morgan fingerprint density at radius 1 is 1.42 bits per heavy atom. The van der Waals surface area contributed by atoms with Gasteiger partial charge in [-0.1, -0.05) is 17.7 Å². The number of rotatable bonds is 3. The smallest absolute Gasteiger partial charge is 0.232 e. The summed E-state index contributed by atoms with van der Waals surface area (Å²) in [4.78, 5) is 12.3. The molecule has 3 N–H and O–H groups in total. The zero-order chi connectivity index (χ0) is 13.0. The molecule has 0 aromatic heterocycles. The lowest BCUT2D eigenvalue weighted by atomic mass is 9.79. The lowest BCUT2D eigenvalue weighted by molar-refractivity contribution is -0.130. The number of carbonyl (C=O) groups is 1. The molecule has 0 atom stereocenters. The van der Waals surface area contributed by atoms with Gasteiger partial charge in [-0.25, -0.2) is 0 Å². The number of benzene rings is 1. The maximum atomic E-state index is 12.3. The molecule has 1 fully saturated rings. The van der Waals surface area contributed by atoms with E-state index >= 15 is 0 Å². The molecule has 6 heteroatoms. The number of hydrogen-bond donors (Lipinski definition) is 2. The summed E-state index contributed by atoms with van der Waals surface area (Å²) in [5.74, 6) is -0.0458. The van der Waals surface area contributed by atoms with Crippen LogP contribution in [0.15, 0.2) is 24.3 Å². The molecule has 1 saturated heterocycles. The average Bonchev–Trinajstić information content (AvgIpc) is 2.39. The van der Waals surface area contributed by atoms with Gasteiger partial charge in [0.15, 0.2) is 0 Å². The Morgan fingerprint density at radius 2 is 2.11 bits per heavy atom. The Bertz CT molecular complexity index is 434. The van der Waals surface area contributed by atoms with E-state index in [-0.39, 0.29) is 18.3 Å². The van der Waals surface area contributed by atoms with E-state index in [4.69, 9.17) is 22.1 Å². The molecule has 2 rings (SSSR count). The number of nitrogens with two attached hydrogens (primary N) is 1. The van der Waals surface area contributed by atoms with Gasteiger partial charge in [0.2, 0.25) is 5.91 Å². The topological polar surface area (TPSA) is 64.4 Å². The Labute approximate surface area is 124 Å². The minimum atomic E-state index is -0.513. The minimum absolute atomic E-state index is 0. The molecule has 0 radical (unpaired) electrons. The summed E-state index contributed by atoms with van der Waals surface area (Å²) in [5, 5.41) is 3.48. The van der Waals surface area contributed by atoms with Crippen molar-refractivity contribution in [3.63, 3.8) is 0 Å². The Morgan fingerprint density at radius 3 is 2.68 bits per heavy atom. The lowest BCUT2D eigenvalue weighted by Crippen LogP contribution is -2.46. The first-order valence-electron chi connectivity index (χ1n) is 6.01. The van der Waals surface area contributed by atoms with Gasteiger partial charge < -0.3 is 15.8 Å². The van der Waals surface area contributed by atoms with Gasteiger partial charge in [-0.3, -0.25) is 4.79 Å². The number of nitrogens with one attached hydrogen (secondary N) is 1. The van der Waals surface area contributed by atoms with Crippen LogP contribution in [0.1, 0.15) is 12.8 Å². The zero-order valence-corrected chi connectivity index (χ0v) is 12.1. The molecule has 0 unspecified atom stereocenters. The summed E-state index contributed by atoms with van der Waals surface area (Å²) in [6.07, 6.45) is 1.33. The first-order valence-corrected chi connectivity index (χ1v) is 6.39. The summed E-state index contributed by atoms with van der Waals surface area (Å²) >= 11 is 5.89. The third kappa shape index (κ3) is 3.83. The van der Waals surface area contributed by atoms with Crippen LogP contribution in [0.3, 0.4) is 0 Å². The highest BCUT2D eigenvalue weighted by molar-refractivity contribution is 6.30. The number of halogens is 2. The number of ether oxygens (including phenoxy) is 1. The van der Waals surface area contributed by atoms with Crippen molar-refractivity contribution < 1.29 is 9.53 Å². The third-order valence-electron chi connectivity index (χ3n) is 3.40. The van der Waals surface area contributed by atoms with Crippen molar-refractivity contribution >= 4 is 35.6 Å². The van der Waals surface area contributed by atoms with E-state index in [9.17, 15) is 4.79 Å². The molecule has 1 aromatic rings. The summed E-state index contributed by atoms with van der Waals surface area (Å²) in [5.41, 5.74) is 5.97. The van der Waals surface area contributed by atoms with Crippen LogP contribution in [0.25, 0.3) is 0 Å². The highest BCUT2D eigenvalue weighted by Crippen LogP contribution is 2.31. The molecule has 1 aliphatic heterocycles. The maximum Gasteiger partial charge on any atom is 0.232 e. The van der Waals surface area contributed by atoms with Crippen LogP contribution in [0.2, 0.25) is 5.02 Å². The van der Waals surface area contributed by atoms with Crippen molar-refractivity contribution in [2.45, 2.75) is 12.8 Å². The summed E-state index contributed by atoms with van der Waals surface area (Å²) in [6.45, 7) is 1.50. The van der Waals surface area contributed by atoms with Gasteiger partial charge in [-0.05, 0) is 31.0 Å². The zero-order valence-electron chi connectivity index (χ0n) is 10.5. The monoisotopic (exact) mass is 304 g/mol. The largest absolute Gasteiger partial charge is 0.381 e. The first-order chi connectivity index (χ1) is 8.66. The molecule has 0 saturated carbocycles. The van der Waals surface area contributed by atoms with Crippen molar-refractivity contribution in [2.24, 2.45) is 11.1 Å². The van der Waals surface area contributed by atoms with Gasteiger partial charge in [-0.15, -0.1) is 12.4 Å². The van der Waals surface area contributed by atoms with Crippen molar-refractivity contribution in [2.75, 3.05) is 25.1 Å². The standard InChI is InChI=1S/C13H17ClN2O2.ClH/c14-10-2-1-3-11(8-10)16-12(17)13(9-15)4-6-18-7-5-13;/h1-3,8H,4-7,9,15H2,(H,16,17);1H. The summed E-state index contributed by atoms with van der Waals surface area (Å²) < 4.78 is 5.29. The first kappa shape index (κ1) is 16.2. The molecule has 4 nitrogen and oxygen atoms in total. The fourth-order valence-corrected chi connectivity index (χ4v) is 2.31. The van der Waals surface area contributed by atoms with Gasteiger partial charge in [0, 0.05) is 30.5 Å². The van der Waals surface area contributed by atoms with E-state index in [2.05, 4.69) is 5.32 Å². The van der Waals surface area contributed by atoms with Crippen LogP contribution < -0.4 is 11.1 Å². The molecule has 0 aliphatic carbocycles. The fourth-order valence-electron chi connectivity index (χ4n) is 2.12. The van der Waals surface area contributed by atoms with Crippen LogP contribution >= 0.6 is 24.0 Å². The van der Waals surface area contributed by atoms with Gasteiger partial charge in [0.1, 0.15) is 0 Å². The molecule has 19 heavy (non-hydrogen) atoms. The van der Waals surface area contributed by atoms with E-state index in [1.807, 2.05) is 6.07 Å². The number of carbonyl (C=O) groups excluding carboxylic acids is 1. The molecule has 1 aliphatic rings. The van der Waals surface area contributed by atoms with Crippen molar-refractivity contribution in [1.29, 1.82) is 0 Å². The van der Waals surface area contributed by atoms with Gasteiger partial charge in [-0.2, -0.15) is 0 Å². The second-order valence-corrected chi connectivity index (χ2v) is 5.00. The molecule has 1 heterocycles. The van der Waals surface area contributed by atoms with Crippen LogP contribution in [-0.2, 0) is 9.53 Å². The van der Waals surface area contributed by atoms with E-state index in [1.54, 1.807) is 18.2 Å². The maximum absolute atomic E-state index is 12.3. The van der Waals surface area contributed by atoms with E-state index in [0.717, 1.165) is 0 Å². The van der Waals surface area contributed by atoms with Crippen LogP contribution in [0.4, 0.5) is 5.69 Å². The predicted molar refractivity (Wildman–Crippen MR) is 78.9 cm³/mol. The number of amides is 1. The van der Waals surface area contributed by atoms with E-state index < -0.39 is 5.41 Å². The van der Waals surface area contributed by atoms with Gasteiger partial charge in [0.05, 0.1) is 5.41 Å². The summed E-state index contributed by atoms with van der Waals surface area (Å²) in [7, 11) is 0. The van der Waals surface area contributed by atoms with E-state index in [0.29, 0.717) is 43.3 Å². The van der Waals surface area contributed by atoms with E-state index in [1.165, 1.54) is 0 Å². The van der Waals surface area contributed by atoms with Crippen molar-refractivity contribution in [3.05, 3.63) is 29.3 Å². The molecule has 1 aromatic carbocycles. The SMILES string of the molecule is Cl.NCC1(C(=O)Nc2cccc(Cl)c2)CCOCC1. The van der Waals surface area contributed by atoms with Crippen molar-refractivity contribution in [3.8, 4) is 0 Å². The quantitative estimate of drug-likeness (QED) is 0.901. The number of anilines is 1. The lowest BCUT2D eigenvalue weighted by Gasteiger charge is -2.34. The molecule has 0 spiro atoms. The second-order valence-electron chi connectivity index (χ2n) is 4.56. The van der Waals surface area contributed by atoms with Crippen LogP contribution in [0, 0.1) is 5.41 Å². The average molecular weight is 305 g/mol. The molecule has 106 valence electrons. The minimum Gasteiger partial charge on any atom is -0.381 e. The highest BCUT2D eigenvalue weighted by Gasteiger charge is 2.38. The Balaban J connectivity index is 0.00000180. The fraction of sp³-hybridized carbons (Fsp3) is 0.462. The van der Waals surface area contributed by atoms with Crippen LogP contribution in [-0.4, -0.2) is 25.7 Å². The Kier molecular flexibility index (Phi) is 6.07. The normalized spacial score (nSPS) is 17.4. The highest BCUT2D eigenvalue weighted by atomic mass is 35.5. The summed E-state index contributed by atoms with van der Waals surface area (Å²) in [6, 6.07) is 7.11. The second kappa shape index (κ2) is 7.10. The molecule has 1 amide bonds. The van der Waals surface area contributed by atoms with Crippen LogP contribution in [0.5, 0.6) is 0 Å². The molecule has 0 bridgehead atoms. The third-order valence-corrected chi connectivity index (χ3v) is 3.64. The molecular weight excluding hydrogens is 287 g/mol. The Hall–Kier alpha value is -0.810. The predicted octanol–water partition coefficient (Wildman–Crippen LogP) is 2.46. The number of hydrogen-bond acceptors (Lipinski definition) is 3.